The van der Waals surface area contributed by atoms with Crippen LogP contribution >= 0.6 is 24.0 Å². The van der Waals surface area contributed by atoms with Crippen molar-refractivity contribution in [3.05, 3.63) is 71.5 Å². The smallest absolute Gasteiger partial charge is 0.194 e. The molecule has 7 heteroatoms. The average Bonchev–Trinajstić information content (AvgIpc) is 2.71. The summed E-state index contributed by atoms with van der Waals surface area (Å²) in [7, 11) is 1.91. The number of hydrogen-bond acceptors (Lipinski definition) is 3. The molecule has 0 bridgehead atoms. The normalized spacial score (nSPS) is 13.3. The molecule has 0 fully saturated rings. The first-order valence-electron chi connectivity index (χ1n) is 9.58. The van der Waals surface area contributed by atoms with E-state index in [4.69, 9.17) is 4.74 Å². The number of halogens is 2. The standard InChI is InChI=1S/C22H30FN3O2.HI/c1-4-24-22(26(3)15-18-10-12-20(23)13-11-18)25-14-21(27)16-28-17(2)19-8-6-5-7-9-19;/h5-13,17,21,27H,4,14-16H2,1-3H3,(H,24,25);1H. The molecule has 2 atom stereocenters. The van der Waals surface area contributed by atoms with Crippen molar-refractivity contribution < 1.29 is 14.2 Å². The quantitative estimate of drug-likeness (QED) is 0.302. The monoisotopic (exact) mass is 515 g/mol. The summed E-state index contributed by atoms with van der Waals surface area (Å²) < 4.78 is 18.8. The van der Waals surface area contributed by atoms with E-state index in [1.807, 2.05) is 56.1 Å². The van der Waals surface area contributed by atoms with Crippen LogP contribution in [0, 0.1) is 5.82 Å². The van der Waals surface area contributed by atoms with E-state index < -0.39 is 6.10 Å². The maximum absolute atomic E-state index is 13.1. The van der Waals surface area contributed by atoms with Gasteiger partial charge in [0, 0.05) is 20.1 Å². The predicted octanol–water partition coefficient (Wildman–Crippen LogP) is 3.98. The summed E-state index contributed by atoms with van der Waals surface area (Å²) in [6.07, 6.45) is -0.784. The second-order valence-corrected chi connectivity index (χ2v) is 6.72. The van der Waals surface area contributed by atoms with Gasteiger partial charge in [-0.25, -0.2) is 4.39 Å². The van der Waals surface area contributed by atoms with Crippen LogP contribution in [0.15, 0.2) is 59.6 Å². The number of aliphatic hydroxyl groups is 1. The van der Waals surface area contributed by atoms with Crippen molar-refractivity contribution in [1.29, 1.82) is 0 Å². The Labute approximate surface area is 190 Å². The third-order valence-electron chi connectivity index (χ3n) is 4.29. The Hall–Kier alpha value is -1.71. The van der Waals surface area contributed by atoms with Crippen molar-refractivity contribution in [2.24, 2.45) is 4.99 Å². The predicted molar refractivity (Wildman–Crippen MR) is 126 cm³/mol. The lowest BCUT2D eigenvalue weighted by Gasteiger charge is -2.23. The first-order chi connectivity index (χ1) is 13.5. The van der Waals surface area contributed by atoms with E-state index in [-0.39, 0.29) is 49.0 Å². The summed E-state index contributed by atoms with van der Waals surface area (Å²) in [6.45, 7) is 5.69. The van der Waals surface area contributed by atoms with Gasteiger partial charge >= 0.3 is 0 Å². The van der Waals surface area contributed by atoms with Crippen LogP contribution in [-0.2, 0) is 11.3 Å². The third kappa shape index (κ3) is 9.10. The lowest BCUT2D eigenvalue weighted by molar-refractivity contribution is 0.00106. The molecule has 0 heterocycles. The minimum atomic E-state index is -0.695. The number of nitrogens with one attached hydrogen (secondary N) is 1. The number of ether oxygens (including phenoxy) is 1. The molecule has 2 aromatic rings. The van der Waals surface area contributed by atoms with Gasteiger partial charge in [0.05, 0.1) is 25.4 Å². The molecular formula is C22H31FIN3O2. The van der Waals surface area contributed by atoms with E-state index in [1.165, 1.54) is 12.1 Å². The van der Waals surface area contributed by atoms with Crippen molar-refractivity contribution in [2.75, 3.05) is 26.7 Å². The summed E-state index contributed by atoms with van der Waals surface area (Å²) in [5, 5.41) is 13.5. The van der Waals surface area contributed by atoms with Crippen LogP contribution in [0.2, 0.25) is 0 Å². The Morgan fingerprint density at radius 2 is 1.83 bits per heavy atom. The SMILES string of the molecule is CCNC(=NCC(O)COC(C)c1ccccc1)N(C)Cc1ccc(F)cc1.I. The number of hydrogen-bond donors (Lipinski definition) is 2. The Morgan fingerprint density at radius 1 is 1.17 bits per heavy atom. The van der Waals surface area contributed by atoms with Crippen molar-refractivity contribution in [2.45, 2.75) is 32.6 Å². The fourth-order valence-corrected chi connectivity index (χ4v) is 2.73. The van der Waals surface area contributed by atoms with Crippen molar-refractivity contribution >= 4 is 29.9 Å². The second kappa shape index (κ2) is 13.5. The van der Waals surface area contributed by atoms with Gasteiger partial charge in [0.1, 0.15) is 5.82 Å². The fourth-order valence-electron chi connectivity index (χ4n) is 2.73. The molecule has 160 valence electrons. The molecule has 2 aromatic carbocycles. The largest absolute Gasteiger partial charge is 0.389 e. The molecule has 0 aliphatic heterocycles. The van der Waals surface area contributed by atoms with Crippen molar-refractivity contribution in [3.8, 4) is 0 Å². The van der Waals surface area contributed by atoms with Crippen molar-refractivity contribution in [3.63, 3.8) is 0 Å². The molecule has 0 saturated carbocycles. The number of benzene rings is 2. The van der Waals surface area contributed by atoms with Gasteiger partial charge in [0.15, 0.2) is 5.96 Å². The lowest BCUT2D eigenvalue weighted by atomic mass is 10.1. The molecule has 0 amide bonds. The van der Waals surface area contributed by atoms with Crippen molar-refractivity contribution in [1.82, 2.24) is 10.2 Å². The van der Waals surface area contributed by atoms with Gasteiger partial charge in [-0.15, -0.1) is 24.0 Å². The second-order valence-electron chi connectivity index (χ2n) is 6.72. The molecule has 2 rings (SSSR count). The Morgan fingerprint density at radius 3 is 2.45 bits per heavy atom. The molecule has 2 N–H and O–H groups in total. The van der Waals surface area contributed by atoms with Gasteiger partial charge in [-0.2, -0.15) is 0 Å². The Balaban J connectivity index is 0.00000420. The number of aliphatic hydroxyl groups excluding tert-OH is 1. The van der Waals surface area contributed by atoms with E-state index >= 15 is 0 Å². The maximum atomic E-state index is 13.1. The summed E-state index contributed by atoms with van der Waals surface area (Å²) in [6, 6.07) is 16.3. The number of guanidine groups is 1. The van der Waals surface area contributed by atoms with Crippen LogP contribution < -0.4 is 5.32 Å². The van der Waals surface area contributed by atoms with Gasteiger partial charge in [0.2, 0.25) is 0 Å². The van der Waals surface area contributed by atoms with Crippen LogP contribution in [0.3, 0.4) is 0 Å². The molecule has 29 heavy (non-hydrogen) atoms. The summed E-state index contributed by atoms with van der Waals surface area (Å²) in [4.78, 5) is 6.45. The van der Waals surface area contributed by atoms with Crippen LogP contribution in [0.1, 0.15) is 31.1 Å². The molecule has 2 unspecified atom stereocenters. The molecule has 0 spiro atoms. The third-order valence-corrected chi connectivity index (χ3v) is 4.29. The highest BCUT2D eigenvalue weighted by Gasteiger charge is 2.11. The summed E-state index contributed by atoms with van der Waals surface area (Å²) in [5.74, 6) is 0.432. The van der Waals surface area contributed by atoms with Gasteiger partial charge in [-0.1, -0.05) is 42.5 Å². The Kier molecular flexibility index (Phi) is 11.8. The first-order valence-corrected chi connectivity index (χ1v) is 9.58. The van der Waals surface area contributed by atoms with Gasteiger partial charge in [-0.05, 0) is 37.1 Å². The number of aliphatic imine (C=N–C) groups is 1. The van der Waals surface area contributed by atoms with Gasteiger partial charge in [-0.3, -0.25) is 4.99 Å². The number of nitrogens with zero attached hydrogens (tertiary/aromatic N) is 2. The molecule has 0 aliphatic carbocycles. The van der Waals surface area contributed by atoms with E-state index in [9.17, 15) is 9.50 Å². The fraction of sp³-hybridized carbons (Fsp3) is 0.409. The molecule has 0 aliphatic rings. The summed E-state index contributed by atoms with van der Waals surface area (Å²) >= 11 is 0. The van der Waals surface area contributed by atoms with E-state index in [0.29, 0.717) is 19.0 Å². The highest BCUT2D eigenvalue weighted by Crippen LogP contribution is 2.16. The van der Waals surface area contributed by atoms with E-state index in [0.717, 1.165) is 11.1 Å². The van der Waals surface area contributed by atoms with Gasteiger partial charge < -0.3 is 20.1 Å². The first kappa shape index (κ1) is 25.3. The van der Waals surface area contributed by atoms with Crippen LogP contribution in [0.5, 0.6) is 0 Å². The molecule has 0 aromatic heterocycles. The number of rotatable bonds is 9. The summed E-state index contributed by atoms with van der Waals surface area (Å²) in [5.41, 5.74) is 2.06. The molecule has 0 saturated heterocycles. The van der Waals surface area contributed by atoms with Gasteiger partial charge in [0.25, 0.3) is 0 Å². The maximum Gasteiger partial charge on any atom is 0.194 e. The Bertz CT molecular complexity index is 729. The zero-order valence-corrected chi connectivity index (χ0v) is 19.5. The van der Waals surface area contributed by atoms with Crippen LogP contribution in [-0.4, -0.2) is 48.8 Å². The van der Waals surface area contributed by atoms with Crippen LogP contribution in [0.25, 0.3) is 0 Å². The zero-order chi connectivity index (χ0) is 20.4. The topological polar surface area (TPSA) is 57.1 Å². The minimum Gasteiger partial charge on any atom is -0.389 e. The van der Waals surface area contributed by atoms with E-state index in [1.54, 1.807) is 12.1 Å². The highest BCUT2D eigenvalue weighted by molar-refractivity contribution is 14.0. The zero-order valence-electron chi connectivity index (χ0n) is 17.2. The molecule has 5 nitrogen and oxygen atoms in total. The highest BCUT2D eigenvalue weighted by atomic mass is 127. The molecular weight excluding hydrogens is 484 g/mol. The minimum absolute atomic E-state index is 0. The van der Waals surface area contributed by atoms with Crippen LogP contribution in [0.4, 0.5) is 4.39 Å². The average molecular weight is 515 g/mol. The lowest BCUT2D eigenvalue weighted by Crippen LogP contribution is -2.39. The molecule has 0 radical (unpaired) electrons. The van der Waals surface area contributed by atoms with E-state index in [2.05, 4.69) is 10.3 Å².